The Balaban J connectivity index is 1.87. The molecule has 2 heteroatoms. The van der Waals surface area contributed by atoms with E-state index in [1.54, 1.807) is 0 Å². The third-order valence-corrected chi connectivity index (χ3v) is 2.67. The second kappa shape index (κ2) is 8.51. The Labute approximate surface area is 93.9 Å². The first-order valence-corrected chi connectivity index (χ1v) is 6.35. The first-order chi connectivity index (χ1) is 7.43. The zero-order valence-electron chi connectivity index (χ0n) is 9.97. The molecule has 2 nitrogen and oxygen atoms in total. The first-order valence-electron chi connectivity index (χ1n) is 6.35. The van der Waals surface area contributed by atoms with E-state index in [1.165, 1.54) is 44.4 Å². The summed E-state index contributed by atoms with van der Waals surface area (Å²) in [5.41, 5.74) is 0. The highest BCUT2D eigenvalue weighted by Crippen LogP contribution is 2.03. The molecule has 0 atom stereocenters. The van der Waals surface area contributed by atoms with Crippen LogP contribution in [0.5, 0.6) is 0 Å². The molecule has 86 valence electrons. The second-order valence-corrected chi connectivity index (χ2v) is 4.11. The number of amidine groups is 1. The number of allylic oxidation sites excluding steroid dienone is 2. The zero-order chi connectivity index (χ0) is 10.8. The summed E-state index contributed by atoms with van der Waals surface area (Å²) >= 11 is 0. The second-order valence-electron chi connectivity index (χ2n) is 4.11. The number of hydrogen-bond donors (Lipinski definition) is 1. The molecule has 0 fully saturated rings. The van der Waals surface area contributed by atoms with Crippen LogP contribution in [0.4, 0.5) is 0 Å². The van der Waals surface area contributed by atoms with Crippen LogP contribution in [0.15, 0.2) is 17.1 Å². The third kappa shape index (κ3) is 6.32. The van der Waals surface area contributed by atoms with Gasteiger partial charge in [-0.2, -0.15) is 0 Å². The zero-order valence-corrected chi connectivity index (χ0v) is 9.97. The molecule has 0 aromatic carbocycles. The predicted molar refractivity (Wildman–Crippen MR) is 67.4 cm³/mol. The van der Waals surface area contributed by atoms with Crippen LogP contribution in [-0.2, 0) is 0 Å². The van der Waals surface area contributed by atoms with Crippen molar-refractivity contribution in [2.75, 3.05) is 13.1 Å². The van der Waals surface area contributed by atoms with Crippen LogP contribution in [0.2, 0.25) is 0 Å². The van der Waals surface area contributed by atoms with E-state index in [9.17, 15) is 0 Å². The number of nitrogens with zero attached hydrogens (tertiary/aromatic N) is 1. The topological polar surface area (TPSA) is 24.4 Å². The maximum absolute atomic E-state index is 4.38. The first kappa shape index (κ1) is 12.3. The molecule has 0 aliphatic carbocycles. The summed E-state index contributed by atoms with van der Waals surface area (Å²) in [5, 5.41) is 3.30. The summed E-state index contributed by atoms with van der Waals surface area (Å²) in [6.45, 7) is 4.27. The van der Waals surface area contributed by atoms with Crippen LogP contribution in [0.3, 0.4) is 0 Å². The smallest absolute Gasteiger partial charge is 0.0964 e. The monoisotopic (exact) mass is 208 g/mol. The van der Waals surface area contributed by atoms with Crippen molar-refractivity contribution < 1.29 is 0 Å². The lowest BCUT2D eigenvalue weighted by molar-refractivity contribution is 0.727. The molecule has 0 radical (unpaired) electrons. The standard InChI is InChI=1S/C13H24N2/c1-2-3-4-5-6-7-8-9-10-13-14-11-12-15-13/h6-7H,2-5,8-12H2,1H3,(H,14,15)/b7-6+. The van der Waals surface area contributed by atoms with Gasteiger partial charge in [0.15, 0.2) is 0 Å². The van der Waals surface area contributed by atoms with Crippen LogP contribution in [0.1, 0.15) is 51.9 Å². The summed E-state index contributed by atoms with van der Waals surface area (Å²) in [6, 6.07) is 0. The van der Waals surface area contributed by atoms with Crippen molar-refractivity contribution in [3.63, 3.8) is 0 Å². The minimum Gasteiger partial charge on any atom is -0.372 e. The van der Waals surface area contributed by atoms with E-state index < -0.39 is 0 Å². The highest BCUT2D eigenvalue weighted by atomic mass is 15.1. The predicted octanol–water partition coefficient (Wildman–Crippen LogP) is 3.29. The largest absolute Gasteiger partial charge is 0.372 e. The Hall–Kier alpha value is -0.790. The summed E-state index contributed by atoms with van der Waals surface area (Å²) in [6.07, 6.45) is 13.5. The van der Waals surface area contributed by atoms with E-state index in [0.717, 1.165) is 19.5 Å². The minimum absolute atomic E-state index is 0.974. The number of aliphatic imine (C=N–C) groups is 1. The van der Waals surface area contributed by atoms with Gasteiger partial charge in [0.05, 0.1) is 12.4 Å². The average molecular weight is 208 g/mol. The lowest BCUT2D eigenvalue weighted by Gasteiger charge is -1.99. The molecular formula is C13H24N2. The molecule has 0 saturated carbocycles. The van der Waals surface area contributed by atoms with Crippen LogP contribution >= 0.6 is 0 Å². The van der Waals surface area contributed by atoms with E-state index in [4.69, 9.17) is 0 Å². The average Bonchev–Trinajstić information content (AvgIpc) is 2.75. The molecule has 1 N–H and O–H groups in total. The van der Waals surface area contributed by atoms with E-state index in [0.29, 0.717) is 0 Å². The van der Waals surface area contributed by atoms with E-state index in [2.05, 4.69) is 29.4 Å². The lowest BCUT2D eigenvalue weighted by atomic mass is 10.1. The minimum atomic E-state index is 0.974. The Morgan fingerprint density at radius 1 is 1.20 bits per heavy atom. The summed E-state index contributed by atoms with van der Waals surface area (Å²) in [4.78, 5) is 4.38. The number of hydrogen-bond acceptors (Lipinski definition) is 2. The van der Waals surface area contributed by atoms with E-state index >= 15 is 0 Å². The summed E-state index contributed by atoms with van der Waals surface area (Å²) < 4.78 is 0. The van der Waals surface area contributed by atoms with Crippen LogP contribution in [0.25, 0.3) is 0 Å². The fourth-order valence-electron chi connectivity index (χ4n) is 1.75. The third-order valence-electron chi connectivity index (χ3n) is 2.67. The number of unbranched alkanes of at least 4 members (excludes halogenated alkanes) is 4. The van der Waals surface area contributed by atoms with Gasteiger partial charge in [0.25, 0.3) is 0 Å². The van der Waals surface area contributed by atoms with Crippen molar-refractivity contribution in [1.82, 2.24) is 5.32 Å². The molecule has 1 rings (SSSR count). The fourth-order valence-corrected chi connectivity index (χ4v) is 1.75. The van der Waals surface area contributed by atoms with E-state index in [1.807, 2.05) is 0 Å². The van der Waals surface area contributed by atoms with Crippen LogP contribution in [-0.4, -0.2) is 18.9 Å². The van der Waals surface area contributed by atoms with Crippen LogP contribution in [0, 0.1) is 0 Å². The number of nitrogens with one attached hydrogen (secondary N) is 1. The Morgan fingerprint density at radius 2 is 2.00 bits per heavy atom. The maximum Gasteiger partial charge on any atom is 0.0964 e. The van der Waals surface area contributed by atoms with Gasteiger partial charge >= 0.3 is 0 Å². The molecule has 0 bridgehead atoms. The highest BCUT2D eigenvalue weighted by molar-refractivity contribution is 5.83. The molecule has 0 spiro atoms. The highest BCUT2D eigenvalue weighted by Gasteiger charge is 2.02. The van der Waals surface area contributed by atoms with Crippen molar-refractivity contribution in [1.29, 1.82) is 0 Å². The Kier molecular flexibility index (Phi) is 6.97. The van der Waals surface area contributed by atoms with Crippen molar-refractivity contribution in [2.24, 2.45) is 4.99 Å². The van der Waals surface area contributed by atoms with E-state index in [-0.39, 0.29) is 0 Å². The van der Waals surface area contributed by atoms with Gasteiger partial charge in [-0.15, -0.1) is 0 Å². The van der Waals surface area contributed by atoms with Gasteiger partial charge in [-0.1, -0.05) is 31.9 Å². The Bertz CT molecular complexity index is 207. The van der Waals surface area contributed by atoms with Gasteiger partial charge in [0.2, 0.25) is 0 Å². The fraction of sp³-hybridized carbons (Fsp3) is 0.769. The maximum atomic E-state index is 4.38. The van der Waals surface area contributed by atoms with Gasteiger partial charge in [0.1, 0.15) is 0 Å². The molecule has 15 heavy (non-hydrogen) atoms. The molecule has 0 amide bonds. The van der Waals surface area contributed by atoms with Crippen molar-refractivity contribution in [3.05, 3.63) is 12.2 Å². The molecule has 1 heterocycles. The molecule has 0 aromatic rings. The van der Waals surface area contributed by atoms with Gasteiger partial charge in [0, 0.05) is 13.0 Å². The van der Waals surface area contributed by atoms with Crippen molar-refractivity contribution in [2.45, 2.75) is 51.9 Å². The number of rotatable bonds is 8. The summed E-state index contributed by atoms with van der Waals surface area (Å²) in [7, 11) is 0. The molecule has 1 aliphatic rings. The van der Waals surface area contributed by atoms with Gasteiger partial charge < -0.3 is 5.32 Å². The van der Waals surface area contributed by atoms with Crippen molar-refractivity contribution in [3.8, 4) is 0 Å². The molecule has 0 saturated heterocycles. The lowest BCUT2D eigenvalue weighted by Crippen LogP contribution is -2.17. The van der Waals surface area contributed by atoms with Gasteiger partial charge in [-0.25, -0.2) is 0 Å². The quantitative estimate of drug-likeness (QED) is 0.480. The Morgan fingerprint density at radius 3 is 2.67 bits per heavy atom. The normalized spacial score (nSPS) is 15.7. The van der Waals surface area contributed by atoms with Gasteiger partial charge in [-0.05, 0) is 25.7 Å². The van der Waals surface area contributed by atoms with Gasteiger partial charge in [-0.3, -0.25) is 4.99 Å². The van der Waals surface area contributed by atoms with Crippen LogP contribution < -0.4 is 5.32 Å². The molecular weight excluding hydrogens is 184 g/mol. The molecule has 1 aliphatic heterocycles. The SMILES string of the molecule is CCCCC/C=C/CCCC1=NCCN1. The van der Waals surface area contributed by atoms with Crippen molar-refractivity contribution >= 4 is 5.84 Å². The molecule has 0 unspecified atom stereocenters. The molecule has 0 aromatic heterocycles. The summed E-state index contributed by atoms with van der Waals surface area (Å²) in [5.74, 6) is 1.22.